The van der Waals surface area contributed by atoms with Crippen LogP contribution in [-0.4, -0.2) is 31.3 Å². The van der Waals surface area contributed by atoms with Crippen LogP contribution in [0.5, 0.6) is 0 Å². The van der Waals surface area contributed by atoms with Crippen molar-refractivity contribution in [2.45, 2.75) is 6.42 Å². The predicted octanol–water partition coefficient (Wildman–Crippen LogP) is 0.777. The zero-order chi connectivity index (χ0) is 12.4. The van der Waals surface area contributed by atoms with E-state index in [4.69, 9.17) is 0 Å². The number of hydrogen-bond acceptors (Lipinski definition) is 4. The van der Waals surface area contributed by atoms with Crippen molar-refractivity contribution < 1.29 is 23.2 Å². The Morgan fingerprint density at radius 3 is 2.56 bits per heavy atom. The van der Waals surface area contributed by atoms with Gasteiger partial charge in [-0.3, -0.25) is 9.78 Å². The number of nitrogens with one attached hydrogen (secondary N) is 1. The average Bonchev–Trinajstić information content (AvgIpc) is 2.69. The van der Waals surface area contributed by atoms with Crippen LogP contribution in [0, 0.1) is 0 Å². The first-order valence-electron chi connectivity index (χ1n) is 4.65. The second-order valence-corrected chi connectivity index (χ2v) is 4.01. The number of carbonyl (C=O) groups is 1. The summed E-state index contributed by atoms with van der Waals surface area (Å²) in [4.78, 5) is 13.3. The van der Waals surface area contributed by atoms with Crippen molar-refractivity contribution in [3.63, 3.8) is 0 Å². The molecule has 0 amide bonds. The third-order valence-corrected chi connectivity index (χ3v) is 2.04. The van der Waals surface area contributed by atoms with Crippen molar-refractivity contribution in [2.75, 3.05) is 20.4 Å². The largest absolute Gasteiger partial charge is 0.504 e. The Balaban J connectivity index is 0.000000315. The summed E-state index contributed by atoms with van der Waals surface area (Å²) in [6.45, 7) is 1.60. The van der Waals surface area contributed by atoms with Gasteiger partial charge >= 0.3 is 14.0 Å². The summed E-state index contributed by atoms with van der Waals surface area (Å²) < 4.78 is 21.2. The van der Waals surface area contributed by atoms with E-state index in [1.54, 1.807) is 0 Å². The van der Waals surface area contributed by atoms with Crippen LogP contribution in [0.1, 0.15) is 6.42 Å². The molecule has 7 heteroatoms. The molecular weight excluding hydrogens is 231 g/mol. The standard InChI is InChI=1S/C5H10O4P.C4H6N2/c1-8-5(6)3-4-9-10(2)7;1-6-3-2-5-4-6/h3-4H2,1-2H3;2-4H,1H3/q+1;/p+1. The number of aromatic amines is 1. The second-order valence-electron chi connectivity index (χ2n) is 2.88. The first-order valence-corrected chi connectivity index (χ1v) is 6.27. The maximum Gasteiger partial charge on any atom is 0.504 e. The summed E-state index contributed by atoms with van der Waals surface area (Å²) in [6.07, 6.45) is 5.85. The maximum atomic E-state index is 10.4. The molecule has 0 saturated carbocycles. The lowest BCUT2D eigenvalue weighted by Crippen LogP contribution is -2.22. The minimum Gasteiger partial charge on any atom is -0.469 e. The fourth-order valence-electron chi connectivity index (χ4n) is 0.724. The highest BCUT2D eigenvalue weighted by molar-refractivity contribution is 7.38. The van der Waals surface area contributed by atoms with Gasteiger partial charge in [-0.05, 0) is 4.57 Å². The van der Waals surface area contributed by atoms with Crippen LogP contribution < -0.4 is 4.57 Å². The summed E-state index contributed by atoms with van der Waals surface area (Å²) in [6, 6.07) is 0. The SMILES string of the molecule is COC(=O)CCO[P+](C)=O.C[n+]1cc[nH]c1. The first-order chi connectivity index (χ1) is 7.56. The molecule has 0 aliphatic heterocycles. The quantitative estimate of drug-likeness (QED) is 0.485. The molecule has 0 radical (unpaired) electrons. The van der Waals surface area contributed by atoms with Crippen LogP contribution in [0.25, 0.3) is 0 Å². The highest BCUT2D eigenvalue weighted by Gasteiger charge is 2.08. The number of carbonyl (C=O) groups excluding carboxylic acids is 1. The summed E-state index contributed by atoms with van der Waals surface area (Å²) in [5, 5.41) is 0. The molecule has 0 fully saturated rings. The van der Waals surface area contributed by atoms with Crippen LogP contribution >= 0.6 is 8.03 Å². The highest BCUT2D eigenvalue weighted by atomic mass is 31.1. The molecule has 6 nitrogen and oxygen atoms in total. The Bertz CT molecular complexity index is 313. The predicted molar refractivity (Wildman–Crippen MR) is 58.1 cm³/mol. The van der Waals surface area contributed by atoms with Crippen LogP contribution in [-0.2, 0) is 25.7 Å². The highest BCUT2D eigenvalue weighted by Crippen LogP contribution is 2.14. The van der Waals surface area contributed by atoms with Gasteiger partial charge in [0.1, 0.15) is 19.0 Å². The third-order valence-electron chi connectivity index (χ3n) is 1.49. The fourth-order valence-corrected chi connectivity index (χ4v) is 1.07. The van der Waals surface area contributed by atoms with E-state index < -0.39 is 8.03 Å². The van der Waals surface area contributed by atoms with Gasteiger partial charge in [-0.25, -0.2) is 4.57 Å². The van der Waals surface area contributed by atoms with Crippen molar-refractivity contribution in [3.8, 4) is 0 Å². The molecule has 1 heterocycles. The lowest BCUT2D eigenvalue weighted by atomic mass is 10.5. The molecule has 16 heavy (non-hydrogen) atoms. The van der Waals surface area contributed by atoms with Gasteiger partial charge in [0.05, 0.1) is 20.6 Å². The number of esters is 1. The molecule has 0 spiro atoms. The topological polar surface area (TPSA) is 72.3 Å². The fraction of sp³-hybridized carbons (Fsp3) is 0.556. The molecule has 1 unspecified atom stereocenters. The van der Waals surface area contributed by atoms with Crippen molar-refractivity contribution in [1.29, 1.82) is 0 Å². The molecule has 1 atom stereocenters. The van der Waals surface area contributed by atoms with Gasteiger partial charge in [0.2, 0.25) is 6.33 Å². The van der Waals surface area contributed by atoms with Gasteiger partial charge in [0.25, 0.3) is 0 Å². The second kappa shape index (κ2) is 9.00. The number of nitrogens with zero attached hydrogens (tertiary/aromatic N) is 1. The number of H-pyrrole nitrogens is 1. The summed E-state index contributed by atoms with van der Waals surface area (Å²) >= 11 is 0. The molecule has 1 aromatic rings. The Kier molecular flexibility index (Phi) is 8.29. The number of aryl methyl sites for hydroxylation is 1. The zero-order valence-electron chi connectivity index (χ0n) is 9.67. The Morgan fingerprint density at radius 1 is 1.56 bits per heavy atom. The van der Waals surface area contributed by atoms with E-state index >= 15 is 0 Å². The van der Waals surface area contributed by atoms with E-state index in [0.29, 0.717) is 0 Å². The number of ether oxygens (including phenoxy) is 1. The lowest BCUT2D eigenvalue weighted by Gasteiger charge is -1.92. The number of methoxy groups -OCH3 is 1. The minimum absolute atomic E-state index is 0.158. The molecule has 0 aliphatic rings. The maximum absolute atomic E-state index is 10.4. The van der Waals surface area contributed by atoms with Crippen molar-refractivity contribution in [2.24, 2.45) is 7.05 Å². The normalized spacial score (nSPS) is 10.1. The Morgan fingerprint density at radius 2 is 2.25 bits per heavy atom. The van der Waals surface area contributed by atoms with Crippen molar-refractivity contribution in [3.05, 3.63) is 18.7 Å². The van der Waals surface area contributed by atoms with Crippen LogP contribution in [0.2, 0.25) is 0 Å². The van der Waals surface area contributed by atoms with E-state index in [1.807, 2.05) is 30.3 Å². The molecule has 90 valence electrons. The molecular formula is C9H17N2O4P+2. The van der Waals surface area contributed by atoms with Gasteiger partial charge in [-0.2, -0.15) is 0 Å². The molecule has 1 aromatic heterocycles. The van der Waals surface area contributed by atoms with Crippen molar-refractivity contribution in [1.82, 2.24) is 4.98 Å². The number of rotatable bonds is 4. The minimum atomic E-state index is -1.59. The van der Waals surface area contributed by atoms with Crippen LogP contribution in [0.15, 0.2) is 18.7 Å². The molecule has 0 aliphatic carbocycles. The number of hydrogen-bond donors (Lipinski definition) is 1. The van der Waals surface area contributed by atoms with Crippen LogP contribution in [0.3, 0.4) is 0 Å². The number of imidazole rings is 1. The summed E-state index contributed by atoms with van der Waals surface area (Å²) in [7, 11) is 1.67. The molecule has 1 N–H and O–H groups in total. The molecule has 0 aromatic carbocycles. The van der Waals surface area contributed by atoms with Gasteiger partial charge in [-0.15, -0.1) is 4.52 Å². The van der Waals surface area contributed by atoms with Gasteiger partial charge in [-0.1, -0.05) is 0 Å². The molecule has 1 rings (SSSR count). The van der Waals surface area contributed by atoms with Gasteiger partial charge in [0, 0.05) is 0 Å². The third kappa shape index (κ3) is 9.30. The van der Waals surface area contributed by atoms with Crippen molar-refractivity contribution >= 4 is 14.0 Å². The monoisotopic (exact) mass is 248 g/mol. The van der Waals surface area contributed by atoms with Gasteiger partial charge in [0.15, 0.2) is 6.66 Å². The van der Waals surface area contributed by atoms with E-state index in [1.165, 1.54) is 13.8 Å². The Hall–Kier alpha value is -1.26. The van der Waals surface area contributed by atoms with E-state index in [0.717, 1.165) is 0 Å². The van der Waals surface area contributed by atoms with Crippen LogP contribution in [0.4, 0.5) is 0 Å². The Labute approximate surface area is 95.4 Å². The molecule has 0 saturated heterocycles. The van der Waals surface area contributed by atoms with E-state index in [2.05, 4.69) is 14.2 Å². The average molecular weight is 248 g/mol. The number of aromatic nitrogens is 2. The van der Waals surface area contributed by atoms with Gasteiger partial charge < -0.3 is 4.74 Å². The van der Waals surface area contributed by atoms with E-state index in [-0.39, 0.29) is 19.0 Å². The lowest BCUT2D eigenvalue weighted by molar-refractivity contribution is -0.670. The summed E-state index contributed by atoms with van der Waals surface area (Å²) in [5.41, 5.74) is 0. The zero-order valence-corrected chi connectivity index (χ0v) is 10.6. The first kappa shape index (κ1) is 14.7. The smallest absolute Gasteiger partial charge is 0.469 e. The summed E-state index contributed by atoms with van der Waals surface area (Å²) in [5.74, 6) is -0.350. The van der Waals surface area contributed by atoms with E-state index in [9.17, 15) is 9.36 Å². The molecule has 0 bridgehead atoms.